The van der Waals surface area contributed by atoms with Crippen LogP contribution >= 0.6 is 0 Å². The molecule has 0 spiro atoms. The molecular formula is C11H12O2S. The lowest BCUT2D eigenvalue weighted by atomic mass is 10.0. The summed E-state index contributed by atoms with van der Waals surface area (Å²) in [6.45, 7) is 0.523. The fraction of sp³-hybridized carbons (Fsp3) is 0.455. The third-order valence-electron chi connectivity index (χ3n) is 3.03. The lowest BCUT2D eigenvalue weighted by Crippen LogP contribution is -2.11. The minimum absolute atomic E-state index is 0.523. The average Bonchev–Trinajstić information content (AvgIpc) is 2.61. The minimum atomic E-state index is -1.10. The van der Waals surface area contributed by atoms with Crippen molar-refractivity contribution in [1.82, 2.24) is 0 Å². The predicted molar refractivity (Wildman–Crippen MR) is 55.1 cm³/mol. The van der Waals surface area contributed by atoms with Crippen LogP contribution in [0.3, 0.4) is 0 Å². The van der Waals surface area contributed by atoms with E-state index in [0.29, 0.717) is 12.4 Å². The molecule has 3 rings (SSSR count). The molecule has 3 heteroatoms. The third kappa shape index (κ3) is 1.31. The van der Waals surface area contributed by atoms with Crippen LogP contribution in [0.5, 0.6) is 0 Å². The van der Waals surface area contributed by atoms with Gasteiger partial charge in [0.15, 0.2) is 11.1 Å². The Hall–Kier alpha value is -0.670. The normalized spacial score (nSPS) is 24.4. The Bertz CT molecular complexity index is 412. The summed E-state index contributed by atoms with van der Waals surface area (Å²) in [5.41, 5.74) is 5.41. The Morgan fingerprint density at radius 2 is 1.79 bits per heavy atom. The first kappa shape index (κ1) is 8.62. The van der Waals surface area contributed by atoms with Gasteiger partial charge in [0.25, 0.3) is 0 Å². The van der Waals surface area contributed by atoms with E-state index in [2.05, 4.69) is 12.1 Å². The molecule has 0 radical (unpaired) electrons. The van der Waals surface area contributed by atoms with Gasteiger partial charge in [-0.2, -0.15) is 0 Å². The van der Waals surface area contributed by atoms with Gasteiger partial charge in [0.05, 0.1) is 12.4 Å². The largest absolute Gasteiger partial charge is 0.285 e. The van der Waals surface area contributed by atoms with Gasteiger partial charge in [-0.15, -0.1) is 0 Å². The van der Waals surface area contributed by atoms with Crippen molar-refractivity contribution < 1.29 is 8.39 Å². The maximum Gasteiger partial charge on any atom is 0.160 e. The molecule has 1 heterocycles. The highest BCUT2D eigenvalue weighted by atomic mass is 32.2. The highest BCUT2D eigenvalue weighted by molar-refractivity contribution is 7.79. The van der Waals surface area contributed by atoms with Crippen molar-refractivity contribution in [3.05, 3.63) is 34.4 Å². The Morgan fingerprint density at radius 3 is 2.57 bits per heavy atom. The maximum absolute atomic E-state index is 11.2. The predicted octanol–water partition coefficient (Wildman–Crippen LogP) is 1.87. The average molecular weight is 208 g/mol. The van der Waals surface area contributed by atoms with E-state index in [-0.39, 0.29) is 0 Å². The van der Waals surface area contributed by atoms with Gasteiger partial charge in [0.2, 0.25) is 0 Å². The summed E-state index contributed by atoms with van der Waals surface area (Å²) in [6.07, 6.45) is 3.66. The third-order valence-corrected chi connectivity index (χ3v) is 3.96. The highest BCUT2D eigenvalue weighted by Crippen LogP contribution is 2.29. The molecule has 1 aromatic rings. The van der Waals surface area contributed by atoms with Gasteiger partial charge < -0.3 is 0 Å². The maximum atomic E-state index is 11.2. The molecule has 1 aliphatic heterocycles. The number of fused-ring (bicyclic) bond motifs is 2. The van der Waals surface area contributed by atoms with E-state index >= 15 is 0 Å². The molecule has 0 aromatic heterocycles. The van der Waals surface area contributed by atoms with Crippen LogP contribution in [0, 0.1) is 0 Å². The smallest absolute Gasteiger partial charge is 0.160 e. The Labute approximate surface area is 85.9 Å². The Balaban J connectivity index is 2.10. The van der Waals surface area contributed by atoms with Crippen LogP contribution in [0.1, 0.15) is 28.7 Å². The summed E-state index contributed by atoms with van der Waals surface area (Å²) in [6, 6.07) is 4.48. The number of aryl methyl sites for hydroxylation is 2. The van der Waals surface area contributed by atoms with E-state index in [1.807, 2.05) is 0 Å². The summed E-state index contributed by atoms with van der Waals surface area (Å²) in [4.78, 5) is 0. The van der Waals surface area contributed by atoms with Crippen LogP contribution in [-0.2, 0) is 40.5 Å². The SMILES string of the molecule is O=S1Cc2cc3c(cc2CO1)CCC3. The molecule has 0 saturated carbocycles. The first-order chi connectivity index (χ1) is 6.83. The van der Waals surface area contributed by atoms with Gasteiger partial charge in [-0.05, 0) is 41.5 Å². The minimum Gasteiger partial charge on any atom is -0.285 e. The second kappa shape index (κ2) is 3.17. The number of benzene rings is 1. The monoisotopic (exact) mass is 208 g/mol. The molecule has 1 unspecified atom stereocenters. The fourth-order valence-electron chi connectivity index (χ4n) is 2.29. The molecule has 0 saturated heterocycles. The van der Waals surface area contributed by atoms with E-state index in [9.17, 15) is 4.21 Å². The topological polar surface area (TPSA) is 26.3 Å². The van der Waals surface area contributed by atoms with Gasteiger partial charge in [-0.3, -0.25) is 4.18 Å². The molecule has 0 bridgehead atoms. The quantitative estimate of drug-likeness (QED) is 0.650. The second-order valence-electron chi connectivity index (χ2n) is 3.95. The summed E-state index contributed by atoms with van der Waals surface area (Å²) in [5.74, 6) is 0.572. The molecule has 0 amide bonds. The number of hydrogen-bond donors (Lipinski definition) is 0. The Kier molecular flexibility index (Phi) is 1.96. The van der Waals surface area contributed by atoms with Crippen molar-refractivity contribution in [3.8, 4) is 0 Å². The molecule has 0 N–H and O–H groups in total. The molecule has 1 atom stereocenters. The highest BCUT2D eigenvalue weighted by Gasteiger charge is 2.19. The van der Waals surface area contributed by atoms with Crippen LogP contribution in [0.2, 0.25) is 0 Å². The van der Waals surface area contributed by atoms with Gasteiger partial charge in [-0.25, -0.2) is 4.21 Å². The molecular weight excluding hydrogens is 196 g/mol. The van der Waals surface area contributed by atoms with Gasteiger partial charge in [0, 0.05) is 0 Å². The first-order valence-corrected chi connectivity index (χ1v) is 6.22. The second-order valence-corrected chi connectivity index (χ2v) is 5.09. The lowest BCUT2D eigenvalue weighted by molar-refractivity contribution is 0.327. The number of hydrogen-bond acceptors (Lipinski definition) is 2. The summed E-state index contributed by atoms with van der Waals surface area (Å²) in [7, 11) is 0. The van der Waals surface area contributed by atoms with E-state index in [1.54, 1.807) is 0 Å². The zero-order valence-corrected chi connectivity index (χ0v) is 8.73. The van der Waals surface area contributed by atoms with E-state index in [4.69, 9.17) is 4.18 Å². The molecule has 74 valence electrons. The molecule has 2 nitrogen and oxygen atoms in total. The fourth-order valence-corrected chi connectivity index (χ4v) is 3.16. The van der Waals surface area contributed by atoms with E-state index < -0.39 is 11.1 Å². The van der Waals surface area contributed by atoms with E-state index in [1.165, 1.54) is 41.5 Å². The lowest BCUT2D eigenvalue weighted by Gasteiger charge is -2.16. The van der Waals surface area contributed by atoms with Crippen LogP contribution in [0.15, 0.2) is 12.1 Å². The van der Waals surface area contributed by atoms with Crippen molar-refractivity contribution >= 4 is 11.1 Å². The van der Waals surface area contributed by atoms with Gasteiger partial charge in [-0.1, -0.05) is 12.1 Å². The number of rotatable bonds is 0. The first-order valence-electron chi connectivity index (χ1n) is 4.98. The molecule has 2 aliphatic rings. The van der Waals surface area contributed by atoms with Crippen molar-refractivity contribution in [3.63, 3.8) is 0 Å². The van der Waals surface area contributed by atoms with Crippen molar-refractivity contribution in [1.29, 1.82) is 0 Å². The summed E-state index contributed by atoms with van der Waals surface area (Å²) >= 11 is -1.10. The van der Waals surface area contributed by atoms with Crippen LogP contribution in [0.4, 0.5) is 0 Å². The molecule has 1 aromatic carbocycles. The zero-order chi connectivity index (χ0) is 9.54. The van der Waals surface area contributed by atoms with Crippen molar-refractivity contribution in [2.75, 3.05) is 0 Å². The Morgan fingerprint density at radius 1 is 1.07 bits per heavy atom. The summed E-state index contributed by atoms with van der Waals surface area (Å²) in [5, 5.41) is 0. The zero-order valence-electron chi connectivity index (χ0n) is 7.91. The van der Waals surface area contributed by atoms with Crippen molar-refractivity contribution in [2.45, 2.75) is 31.6 Å². The van der Waals surface area contributed by atoms with Gasteiger partial charge in [0.1, 0.15) is 0 Å². The molecule has 1 aliphatic carbocycles. The molecule has 0 fully saturated rings. The van der Waals surface area contributed by atoms with E-state index in [0.717, 1.165) is 0 Å². The summed E-state index contributed by atoms with van der Waals surface area (Å²) < 4.78 is 16.4. The van der Waals surface area contributed by atoms with Crippen LogP contribution in [0.25, 0.3) is 0 Å². The standard InChI is InChI=1S/C11H12O2S/c12-14-7-11-5-9-3-1-2-8(9)4-10(11)6-13-14/h4-5H,1-3,6-7H2. The van der Waals surface area contributed by atoms with Gasteiger partial charge >= 0.3 is 0 Å². The van der Waals surface area contributed by atoms with Crippen LogP contribution in [-0.4, -0.2) is 4.21 Å². The van der Waals surface area contributed by atoms with Crippen molar-refractivity contribution in [2.24, 2.45) is 0 Å². The van der Waals surface area contributed by atoms with Crippen LogP contribution < -0.4 is 0 Å². The molecule has 14 heavy (non-hydrogen) atoms.